The number of hydrogen-bond acceptors (Lipinski definition) is 3. The Hall–Kier alpha value is -0.680. The monoisotopic (exact) mass is 145 g/mol. The summed E-state index contributed by atoms with van der Waals surface area (Å²) in [7, 11) is 1.61. The summed E-state index contributed by atoms with van der Waals surface area (Å²) in [5, 5.41) is 1.64. The minimum Gasteiger partial charge on any atom is -0.290 e. The van der Waals surface area contributed by atoms with Crippen molar-refractivity contribution in [3.63, 3.8) is 0 Å². The van der Waals surface area contributed by atoms with Crippen molar-refractivity contribution in [3.8, 4) is 0 Å². The Morgan fingerprint density at radius 3 is 2.44 bits per heavy atom. The zero-order valence-corrected chi connectivity index (χ0v) is 5.81. The minimum absolute atomic E-state index is 0.0532. The fraction of sp³-hybridized carbons (Fsp3) is 0.500. The zero-order valence-electron chi connectivity index (χ0n) is 5.00. The van der Waals surface area contributed by atoms with Crippen molar-refractivity contribution < 1.29 is 4.79 Å². The quantitative estimate of drug-likeness (QED) is 0.348. The van der Waals surface area contributed by atoms with Crippen LogP contribution in [-0.4, -0.2) is 34.5 Å². The molecule has 1 amide bonds. The lowest BCUT2D eigenvalue weighted by Crippen LogP contribution is -2.34. The van der Waals surface area contributed by atoms with E-state index in [1.54, 1.807) is 7.05 Å². The van der Waals surface area contributed by atoms with Crippen LogP contribution in [0.5, 0.6) is 0 Å². The largest absolute Gasteiger partial charge is 0.290 e. The maximum atomic E-state index is 10.7. The molecule has 9 heavy (non-hydrogen) atoms. The van der Waals surface area contributed by atoms with Crippen LogP contribution in [0.1, 0.15) is 0 Å². The van der Waals surface area contributed by atoms with Gasteiger partial charge in [-0.3, -0.25) is 14.7 Å². The number of hydrogen-bond donors (Lipinski definition) is 1. The molecule has 2 N–H and O–H groups in total. The predicted octanol–water partition coefficient (Wildman–Crippen LogP) is -1.08. The molecule has 0 radical (unpaired) electrons. The summed E-state index contributed by atoms with van der Waals surface area (Å²) in [5.74, 6) is 5.24. The maximum absolute atomic E-state index is 10.7. The summed E-state index contributed by atoms with van der Waals surface area (Å²) >= 11 is 4.75. The number of amides is 1. The number of carbonyl (C=O) groups excluding carboxylic acids is 1. The topological polar surface area (TPSA) is 49.6 Å². The van der Waals surface area contributed by atoms with Crippen LogP contribution in [0, 0.1) is 0 Å². The average Bonchev–Trinajstić information content (AvgIpc) is 1.98. The van der Waals surface area contributed by atoms with Gasteiger partial charge in [0.25, 0.3) is 0 Å². The molecule has 1 aliphatic heterocycles. The van der Waals surface area contributed by atoms with Gasteiger partial charge in [0.05, 0.1) is 0 Å². The zero-order chi connectivity index (χ0) is 7.02. The number of nitrogens with zero attached hydrogens (tertiary/aromatic N) is 2. The van der Waals surface area contributed by atoms with Crippen LogP contribution >= 0.6 is 12.2 Å². The molecule has 1 saturated heterocycles. The van der Waals surface area contributed by atoms with Gasteiger partial charge in [0.15, 0.2) is 5.11 Å². The number of rotatable bonds is 0. The summed E-state index contributed by atoms with van der Waals surface area (Å²) in [5.41, 5.74) is 0. The SMILES string of the molecule is CN1C(=O)CN(N)C1=S. The van der Waals surface area contributed by atoms with Crippen LogP contribution in [0.2, 0.25) is 0 Å². The highest BCUT2D eigenvalue weighted by Crippen LogP contribution is 2.01. The molecule has 5 heteroatoms. The Kier molecular flexibility index (Phi) is 1.38. The van der Waals surface area contributed by atoms with Crippen LogP contribution < -0.4 is 5.84 Å². The fourth-order valence-electron chi connectivity index (χ4n) is 0.619. The van der Waals surface area contributed by atoms with Gasteiger partial charge in [-0.2, -0.15) is 0 Å². The molecular weight excluding hydrogens is 138 g/mol. The molecule has 0 unspecified atom stereocenters. The Morgan fingerprint density at radius 2 is 2.33 bits per heavy atom. The van der Waals surface area contributed by atoms with Crippen molar-refractivity contribution in [1.29, 1.82) is 0 Å². The van der Waals surface area contributed by atoms with E-state index in [1.807, 2.05) is 0 Å². The van der Waals surface area contributed by atoms with Gasteiger partial charge in [-0.05, 0) is 12.2 Å². The fourth-order valence-corrected chi connectivity index (χ4v) is 0.785. The highest BCUT2D eigenvalue weighted by atomic mass is 32.1. The first-order chi connectivity index (χ1) is 4.13. The molecule has 1 rings (SSSR count). The summed E-state index contributed by atoms with van der Waals surface area (Å²) in [6.07, 6.45) is 0. The van der Waals surface area contributed by atoms with E-state index in [1.165, 1.54) is 9.91 Å². The normalized spacial score (nSPS) is 19.8. The third-order valence-electron chi connectivity index (χ3n) is 1.21. The molecule has 0 aromatic heterocycles. The first-order valence-corrected chi connectivity index (χ1v) is 2.86. The van der Waals surface area contributed by atoms with Crippen LogP contribution in [-0.2, 0) is 4.79 Å². The number of nitrogens with two attached hydrogens (primary N) is 1. The first kappa shape index (κ1) is 6.44. The third kappa shape index (κ3) is 0.883. The van der Waals surface area contributed by atoms with Gasteiger partial charge in [0.1, 0.15) is 6.54 Å². The molecule has 0 saturated carbocycles. The number of carbonyl (C=O) groups is 1. The van der Waals surface area contributed by atoms with E-state index >= 15 is 0 Å². The molecule has 1 aliphatic rings. The standard InChI is InChI=1S/C4H7N3OS/c1-6-3(8)2-7(5)4(6)9/h2,5H2,1H3. The molecule has 0 aromatic rings. The van der Waals surface area contributed by atoms with Crippen molar-refractivity contribution in [2.24, 2.45) is 5.84 Å². The van der Waals surface area contributed by atoms with Crippen molar-refractivity contribution in [1.82, 2.24) is 9.91 Å². The number of thiocarbonyl (C=S) groups is 1. The van der Waals surface area contributed by atoms with Crippen LogP contribution in [0.4, 0.5) is 0 Å². The van der Waals surface area contributed by atoms with Gasteiger partial charge >= 0.3 is 0 Å². The summed E-state index contributed by atoms with van der Waals surface area (Å²) in [6.45, 7) is 0.204. The highest BCUT2D eigenvalue weighted by molar-refractivity contribution is 7.80. The van der Waals surface area contributed by atoms with Gasteiger partial charge in [-0.15, -0.1) is 0 Å². The second-order valence-corrected chi connectivity index (χ2v) is 2.23. The van der Waals surface area contributed by atoms with E-state index in [0.29, 0.717) is 5.11 Å². The van der Waals surface area contributed by atoms with Crippen molar-refractivity contribution >= 4 is 23.2 Å². The van der Waals surface area contributed by atoms with Crippen molar-refractivity contribution in [3.05, 3.63) is 0 Å². The van der Waals surface area contributed by atoms with E-state index in [0.717, 1.165) is 0 Å². The third-order valence-corrected chi connectivity index (χ3v) is 1.72. The molecule has 1 heterocycles. The van der Waals surface area contributed by atoms with Crippen LogP contribution in [0.15, 0.2) is 0 Å². The maximum Gasteiger partial charge on any atom is 0.249 e. The second kappa shape index (κ2) is 1.93. The Balaban J connectivity index is 2.77. The highest BCUT2D eigenvalue weighted by Gasteiger charge is 2.26. The smallest absolute Gasteiger partial charge is 0.249 e. The average molecular weight is 145 g/mol. The van der Waals surface area contributed by atoms with Gasteiger partial charge < -0.3 is 0 Å². The van der Waals surface area contributed by atoms with E-state index in [2.05, 4.69) is 0 Å². The second-order valence-electron chi connectivity index (χ2n) is 1.86. The van der Waals surface area contributed by atoms with Gasteiger partial charge in [-0.1, -0.05) is 0 Å². The Labute approximate surface area is 58.2 Å². The van der Waals surface area contributed by atoms with E-state index in [9.17, 15) is 4.79 Å². The number of likely N-dealkylation sites (N-methyl/N-ethyl adjacent to an activating group) is 1. The van der Waals surface area contributed by atoms with Gasteiger partial charge in [0.2, 0.25) is 5.91 Å². The Morgan fingerprint density at radius 1 is 1.78 bits per heavy atom. The van der Waals surface area contributed by atoms with Crippen molar-refractivity contribution in [2.75, 3.05) is 13.6 Å². The lowest BCUT2D eigenvalue weighted by molar-refractivity contribution is -0.124. The molecule has 4 nitrogen and oxygen atoms in total. The molecular formula is C4H7N3OS. The summed E-state index contributed by atoms with van der Waals surface area (Å²) < 4.78 is 0. The first-order valence-electron chi connectivity index (χ1n) is 2.45. The lowest BCUT2D eigenvalue weighted by Gasteiger charge is -2.09. The van der Waals surface area contributed by atoms with E-state index in [4.69, 9.17) is 18.1 Å². The lowest BCUT2D eigenvalue weighted by atomic mass is 10.6. The Bertz CT molecular complexity index is 169. The molecule has 0 spiro atoms. The molecule has 0 aliphatic carbocycles. The van der Waals surface area contributed by atoms with Crippen LogP contribution in [0.25, 0.3) is 0 Å². The van der Waals surface area contributed by atoms with Gasteiger partial charge in [-0.25, -0.2) is 5.84 Å². The summed E-state index contributed by atoms with van der Waals surface area (Å²) in [6, 6.07) is 0. The van der Waals surface area contributed by atoms with Crippen molar-refractivity contribution in [2.45, 2.75) is 0 Å². The molecule has 0 atom stereocenters. The van der Waals surface area contributed by atoms with Crippen LogP contribution in [0.3, 0.4) is 0 Å². The summed E-state index contributed by atoms with van der Waals surface area (Å²) in [4.78, 5) is 12.1. The predicted molar refractivity (Wildman–Crippen MR) is 36.3 cm³/mol. The number of hydrazine groups is 1. The van der Waals surface area contributed by atoms with E-state index in [-0.39, 0.29) is 12.5 Å². The van der Waals surface area contributed by atoms with E-state index < -0.39 is 0 Å². The molecule has 0 bridgehead atoms. The molecule has 50 valence electrons. The minimum atomic E-state index is -0.0532. The molecule has 1 fully saturated rings. The van der Waals surface area contributed by atoms with Gasteiger partial charge in [0, 0.05) is 7.05 Å². The molecule has 0 aromatic carbocycles.